The van der Waals surface area contributed by atoms with Crippen LogP contribution in [0, 0.1) is 0 Å². The zero-order valence-electron chi connectivity index (χ0n) is 9.31. The van der Waals surface area contributed by atoms with Gasteiger partial charge in [0.2, 0.25) is 0 Å². The Kier molecular flexibility index (Phi) is 3.25. The molecule has 1 aromatic heterocycles. The minimum Gasteiger partial charge on any atom is -0.391 e. The fourth-order valence-electron chi connectivity index (χ4n) is 1.83. The van der Waals surface area contributed by atoms with Gasteiger partial charge in [-0.15, -0.1) is 0 Å². The lowest BCUT2D eigenvalue weighted by molar-refractivity contribution is -0.0888. The molecule has 1 atom stereocenters. The van der Waals surface area contributed by atoms with Crippen molar-refractivity contribution < 1.29 is 23.1 Å². The van der Waals surface area contributed by atoms with Gasteiger partial charge in [-0.3, -0.25) is 9.78 Å². The first-order valence-electron chi connectivity index (χ1n) is 5.38. The molecule has 2 rings (SSSR count). The highest BCUT2D eigenvalue weighted by atomic mass is 19.4. The Labute approximate surface area is 101 Å². The maximum Gasteiger partial charge on any atom is 0.456 e. The van der Waals surface area contributed by atoms with Crippen LogP contribution in [0.3, 0.4) is 0 Å². The summed E-state index contributed by atoms with van der Waals surface area (Å²) in [5, 5.41) is 9.35. The van der Waals surface area contributed by atoms with Gasteiger partial charge in [0.05, 0.1) is 18.0 Å². The summed E-state index contributed by atoms with van der Waals surface area (Å²) in [6.07, 6.45) is -3.50. The minimum absolute atomic E-state index is 0.425. The third-order valence-corrected chi connectivity index (χ3v) is 2.77. The number of aromatic nitrogens is 1. The first-order chi connectivity index (χ1) is 8.38. The van der Waals surface area contributed by atoms with Crippen molar-refractivity contribution in [1.82, 2.24) is 4.98 Å². The number of alkyl halides is 3. The zero-order chi connectivity index (χ0) is 13.3. The Morgan fingerprint density at radius 1 is 1.44 bits per heavy atom. The van der Waals surface area contributed by atoms with E-state index in [1.807, 2.05) is 0 Å². The van der Waals surface area contributed by atoms with E-state index in [9.17, 15) is 23.1 Å². The van der Waals surface area contributed by atoms with Crippen LogP contribution < -0.4 is 4.90 Å². The van der Waals surface area contributed by atoms with Crippen molar-refractivity contribution in [3.63, 3.8) is 0 Å². The van der Waals surface area contributed by atoms with Crippen molar-refractivity contribution in [2.24, 2.45) is 0 Å². The van der Waals surface area contributed by atoms with E-state index in [0.29, 0.717) is 25.2 Å². The number of rotatable bonds is 2. The summed E-state index contributed by atoms with van der Waals surface area (Å²) >= 11 is 0. The van der Waals surface area contributed by atoms with E-state index in [2.05, 4.69) is 4.98 Å². The normalized spacial score (nSPS) is 20.2. The van der Waals surface area contributed by atoms with Gasteiger partial charge in [0.1, 0.15) is 5.69 Å². The van der Waals surface area contributed by atoms with Crippen LogP contribution in [0.2, 0.25) is 0 Å². The molecule has 0 amide bonds. The van der Waals surface area contributed by atoms with Gasteiger partial charge in [-0.05, 0) is 18.6 Å². The van der Waals surface area contributed by atoms with E-state index < -0.39 is 23.8 Å². The second-order valence-corrected chi connectivity index (χ2v) is 4.12. The first-order valence-corrected chi connectivity index (χ1v) is 5.38. The summed E-state index contributed by atoms with van der Waals surface area (Å²) in [5.41, 5.74) is -0.0173. The minimum atomic E-state index is -4.90. The van der Waals surface area contributed by atoms with E-state index in [-0.39, 0.29) is 0 Å². The molecule has 0 aromatic carbocycles. The van der Waals surface area contributed by atoms with Gasteiger partial charge < -0.3 is 10.0 Å². The predicted octanol–water partition coefficient (Wildman–Crippen LogP) is 1.40. The second-order valence-electron chi connectivity index (χ2n) is 4.12. The lowest BCUT2D eigenvalue weighted by Gasteiger charge is -2.17. The molecule has 4 nitrogen and oxygen atoms in total. The summed E-state index contributed by atoms with van der Waals surface area (Å²) in [4.78, 5) is 16.2. The molecule has 98 valence electrons. The molecule has 18 heavy (non-hydrogen) atoms. The maximum atomic E-state index is 12.2. The number of Topliss-reactive ketones (excluding diaryl/α,β-unsaturated/α-hetero) is 1. The molecule has 1 unspecified atom stereocenters. The number of carbonyl (C=O) groups is 1. The van der Waals surface area contributed by atoms with Crippen LogP contribution >= 0.6 is 0 Å². The largest absolute Gasteiger partial charge is 0.456 e. The summed E-state index contributed by atoms with van der Waals surface area (Å²) < 4.78 is 36.5. The quantitative estimate of drug-likeness (QED) is 0.817. The molecule has 1 aliphatic heterocycles. The van der Waals surface area contributed by atoms with E-state index in [0.717, 1.165) is 6.07 Å². The summed E-state index contributed by atoms with van der Waals surface area (Å²) in [5.74, 6) is -1.95. The van der Waals surface area contributed by atoms with Crippen LogP contribution in [0.15, 0.2) is 18.3 Å². The fraction of sp³-hybridized carbons (Fsp3) is 0.455. The SMILES string of the molecule is O=C(c1ccc(N2CCC(O)C2)cn1)C(F)(F)F. The van der Waals surface area contributed by atoms with Crippen LogP contribution in [0.4, 0.5) is 18.9 Å². The second kappa shape index (κ2) is 4.56. The van der Waals surface area contributed by atoms with E-state index in [4.69, 9.17) is 0 Å². The molecule has 1 fully saturated rings. The topological polar surface area (TPSA) is 53.4 Å². The average Bonchev–Trinajstić information content (AvgIpc) is 2.74. The number of carbonyl (C=O) groups excluding carboxylic acids is 1. The number of hydrogen-bond acceptors (Lipinski definition) is 4. The van der Waals surface area contributed by atoms with Gasteiger partial charge in [0, 0.05) is 13.1 Å². The van der Waals surface area contributed by atoms with Gasteiger partial charge >= 0.3 is 6.18 Å². The predicted molar refractivity (Wildman–Crippen MR) is 57.5 cm³/mol. The molecule has 1 N–H and O–H groups in total. The molecule has 1 saturated heterocycles. The standard InChI is InChI=1S/C11H11F3N2O2/c12-11(13,14)10(18)9-2-1-7(5-15-9)16-4-3-8(17)6-16/h1-2,5,8,17H,3-4,6H2. The van der Waals surface area contributed by atoms with Crippen molar-refractivity contribution in [3.8, 4) is 0 Å². The molecule has 0 radical (unpaired) electrons. The number of aliphatic hydroxyl groups is 1. The van der Waals surface area contributed by atoms with Gasteiger partial charge in [-0.1, -0.05) is 0 Å². The van der Waals surface area contributed by atoms with Crippen LogP contribution in [-0.2, 0) is 0 Å². The van der Waals surface area contributed by atoms with E-state index in [1.54, 1.807) is 4.90 Å². The van der Waals surface area contributed by atoms with Gasteiger partial charge in [0.15, 0.2) is 0 Å². The van der Waals surface area contributed by atoms with Crippen molar-refractivity contribution in [2.75, 3.05) is 18.0 Å². The Balaban J connectivity index is 2.13. The van der Waals surface area contributed by atoms with Gasteiger partial charge in [0.25, 0.3) is 5.78 Å². The summed E-state index contributed by atoms with van der Waals surface area (Å²) in [7, 11) is 0. The molecule has 7 heteroatoms. The van der Waals surface area contributed by atoms with Crippen molar-refractivity contribution in [1.29, 1.82) is 0 Å². The molecule has 1 aliphatic rings. The monoisotopic (exact) mass is 260 g/mol. The molecular formula is C11H11F3N2O2. The molecule has 0 spiro atoms. The van der Waals surface area contributed by atoms with E-state index in [1.165, 1.54) is 12.3 Å². The van der Waals surface area contributed by atoms with E-state index >= 15 is 0 Å². The van der Waals surface area contributed by atoms with Crippen molar-refractivity contribution >= 4 is 11.5 Å². The lowest BCUT2D eigenvalue weighted by atomic mass is 10.2. The van der Waals surface area contributed by atoms with Crippen LogP contribution in [-0.4, -0.2) is 41.2 Å². The van der Waals surface area contributed by atoms with Crippen molar-refractivity contribution in [2.45, 2.75) is 18.7 Å². The number of halogens is 3. The summed E-state index contributed by atoms with van der Waals surface area (Å²) in [6, 6.07) is 2.46. The number of nitrogens with zero attached hydrogens (tertiary/aromatic N) is 2. The zero-order valence-corrected chi connectivity index (χ0v) is 9.31. The third kappa shape index (κ3) is 2.61. The Hall–Kier alpha value is -1.63. The number of hydrogen-bond donors (Lipinski definition) is 1. The van der Waals surface area contributed by atoms with Crippen LogP contribution in [0.25, 0.3) is 0 Å². The molecule has 2 heterocycles. The Morgan fingerprint density at radius 2 is 2.17 bits per heavy atom. The first kappa shape index (κ1) is 12.8. The number of ketones is 1. The highest BCUT2D eigenvalue weighted by Crippen LogP contribution is 2.23. The number of pyridine rings is 1. The smallest absolute Gasteiger partial charge is 0.391 e. The third-order valence-electron chi connectivity index (χ3n) is 2.77. The molecule has 0 bridgehead atoms. The lowest BCUT2D eigenvalue weighted by Crippen LogP contribution is -2.24. The van der Waals surface area contributed by atoms with Gasteiger partial charge in [-0.2, -0.15) is 13.2 Å². The van der Waals surface area contributed by atoms with Crippen molar-refractivity contribution in [3.05, 3.63) is 24.0 Å². The van der Waals surface area contributed by atoms with Gasteiger partial charge in [-0.25, -0.2) is 0 Å². The number of aliphatic hydroxyl groups excluding tert-OH is 1. The van der Waals surface area contributed by atoms with Crippen LogP contribution in [0.5, 0.6) is 0 Å². The Morgan fingerprint density at radius 3 is 2.61 bits per heavy atom. The van der Waals surface area contributed by atoms with Crippen LogP contribution in [0.1, 0.15) is 16.9 Å². The average molecular weight is 260 g/mol. The number of β-amino-alcohol motifs (C(OH)–C–C–N with tert-alkyl or cyclic N) is 1. The molecule has 1 aromatic rings. The maximum absolute atomic E-state index is 12.2. The highest BCUT2D eigenvalue weighted by Gasteiger charge is 2.40. The number of anilines is 1. The Bertz CT molecular complexity index is 445. The summed E-state index contributed by atoms with van der Waals surface area (Å²) in [6.45, 7) is 1.05. The molecule has 0 aliphatic carbocycles. The molecule has 0 saturated carbocycles. The fourth-order valence-corrected chi connectivity index (χ4v) is 1.83. The molecular weight excluding hydrogens is 249 g/mol. The highest BCUT2D eigenvalue weighted by molar-refractivity contribution is 5.98.